The van der Waals surface area contributed by atoms with Gasteiger partial charge in [0.1, 0.15) is 5.69 Å². The molecule has 0 amide bonds. The van der Waals surface area contributed by atoms with Crippen LogP contribution in [0.25, 0.3) is 0 Å². The number of nitrogens with zero attached hydrogens (tertiary/aromatic N) is 1. The largest absolute Gasteiger partial charge is 0.391 e. The normalized spacial score (nSPS) is 9.92. The molecule has 1 rings (SSSR count). The Bertz CT molecular complexity index is 321. The third kappa shape index (κ3) is 2.45. The van der Waals surface area contributed by atoms with E-state index in [-0.39, 0.29) is 11.2 Å². The van der Waals surface area contributed by atoms with Crippen LogP contribution in [0.2, 0.25) is 0 Å². The number of anilines is 2. The van der Waals surface area contributed by atoms with Crippen LogP contribution in [0.1, 0.15) is 6.42 Å². The first-order chi connectivity index (χ1) is 6.25. The van der Waals surface area contributed by atoms with Crippen molar-refractivity contribution in [3.8, 4) is 0 Å². The van der Waals surface area contributed by atoms with Crippen molar-refractivity contribution in [1.82, 2.24) is 9.97 Å². The van der Waals surface area contributed by atoms with Crippen LogP contribution in [0.15, 0.2) is 11.1 Å². The Kier molecular flexibility index (Phi) is 3.27. The third-order valence-electron chi connectivity index (χ3n) is 1.56. The van der Waals surface area contributed by atoms with Gasteiger partial charge in [-0.1, -0.05) is 0 Å². The molecule has 6 N–H and O–H groups in total. The van der Waals surface area contributed by atoms with Gasteiger partial charge in [0.25, 0.3) is 5.56 Å². The first-order valence-electron chi connectivity index (χ1n) is 4.03. The number of rotatable bonds is 4. The van der Waals surface area contributed by atoms with Crippen molar-refractivity contribution in [3.63, 3.8) is 0 Å². The van der Waals surface area contributed by atoms with Crippen LogP contribution < -0.4 is 22.3 Å². The molecule has 13 heavy (non-hydrogen) atoms. The molecule has 0 aliphatic carbocycles. The zero-order valence-corrected chi connectivity index (χ0v) is 7.21. The minimum absolute atomic E-state index is 0.111. The zero-order chi connectivity index (χ0) is 9.68. The summed E-state index contributed by atoms with van der Waals surface area (Å²) in [6.07, 6.45) is 2.12. The molecule has 0 bridgehead atoms. The molecular formula is C7H13N5O. The lowest BCUT2D eigenvalue weighted by molar-refractivity contribution is 0.869. The summed E-state index contributed by atoms with van der Waals surface area (Å²) in [6, 6.07) is 0. The SMILES string of the molecule is NCCCNc1nc[nH]c(=O)c1N. The number of nitrogens with one attached hydrogen (secondary N) is 2. The lowest BCUT2D eigenvalue weighted by Crippen LogP contribution is -2.17. The summed E-state index contributed by atoms with van der Waals surface area (Å²) in [7, 11) is 0. The van der Waals surface area contributed by atoms with Gasteiger partial charge in [0.2, 0.25) is 0 Å². The molecular weight excluding hydrogens is 170 g/mol. The van der Waals surface area contributed by atoms with Gasteiger partial charge >= 0.3 is 0 Å². The number of H-pyrrole nitrogens is 1. The van der Waals surface area contributed by atoms with Gasteiger partial charge in [-0.25, -0.2) is 4.98 Å². The van der Waals surface area contributed by atoms with Crippen LogP contribution >= 0.6 is 0 Å². The van der Waals surface area contributed by atoms with Crippen molar-refractivity contribution in [3.05, 3.63) is 16.7 Å². The molecule has 1 heterocycles. The molecule has 0 atom stereocenters. The van der Waals surface area contributed by atoms with Crippen LogP contribution in [-0.2, 0) is 0 Å². The molecule has 6 heteroatoms. The third-order valence-corrected chi connectivity index (χ3v) is 1.56. The first-order valence-corrected chi connectivity index (χ1v) is 4.03. The fraction of sp³-hybridized carbons (Fsp3) is 0.429. The highest BCUT2D eigenvalue weighted by molar-refractivity contribution is 5.58. The summed E-state index contributed by atoms with van der Waals surface area (Å²) in [6.45, 7) is 1.26. The van der Waals surface area contributed by atoms with Crippen molar-refractivity contribution in [1.29, 1.82) is 0 Å². The zero-order valence-electron chi connectivity index (χ0n) is 7.21. The number of nitrogens with two attached hydrogens (primary N) is 2. The minimum Gasteiger partial charge on any atom is -0.391 e. The molecule has 0 saturated carbocycles. The van der Waals surface area contributed by atoms with Gasteiger partial charge in [0.05, 0.1) is 6.33 Å². The molecule has 0 radical (unpaired) electrons. The Morgan fingerprint density at radius 3 is 3.08 bits per heavy atom. The number of aromatic nitrogens is 2. The number of hydrogen-bond acceptors (Lipinski definition) is 5. The molecule has 0 fully saturated rings. The topological polar surface area (TPSA) is 110 Å². The van der Waals surface area contributed by atoms with Crippen molar-refractivity contribution in [2.75, 3.05) is 24.1 Å². The van der Waals surface area contributed by atoms with Crippen molar-refractivity contribution >= 4 is 11.5 Å². The van der Waals surface area contributed by atoms with E-state index >= 15 is 0 Å². The average molecular weight is 183 g/mol. The van der Waals surface area contributed by atoms with Gasteiger partial charge < -0.3 is 21.8 Å². The molecule has 0 spiro atoms. The summed E-state index contributed by atoms with van der Waals surface area (Å²) in [5.74, 6) is 0.414. The summed E-state index contributed by atoms with van der Waals surface area (Å²) >= 11 is 0. The van der Waals surface area contributed by atoms with Gasteiger partial charge in [-0.15, -0.1) is 0 Å². The Morgan fingerprint density at radius 2 is 2.38 bits per heavy atom. The Labute approximate surface area is 75.4 Å². The summed E-state index contributed by atoms with van der Waals surface area (Å²) in [4.78, 5) is 17.2. The second-order valence-electron chi connectivity index (χ2n) is 2.56. The summed E-state index contributed by atoms with van der Waals surface area (Å²) in [5.41, 5.74) is 10.5. The van der Waals surface area contributed by atoms with Crippen LogP contribution in [0.4, 0.5) is 11.5 Å². The average Bonchev–Trinajstić information content (AvgIpc) is 2.13. The smallest absolute Gasteiger partial charge is 0.276 e. The maximum absolute atomic E-state index is 11.0. The van der Waals surface area contributed by atoms with Gasteiger partial charge in [-0.2, -0.15) is 0 Å². The van der Waals surface area contributed by atoms with Gasteiger partial charge in [0, 0.05) is 6.54 Å². The number of aromatic amines is 1. The standard InChI is InChI=1S/C7H13N5O/c8-2-1-3-10-6-5(9)7(13)12-4-11-6/h4H,1-3,8-9H2,(H2,10,11,12,13). The molecule has 0 aromatic carbocycles. The van der Waals surface area contributed by atoms with Gasteiger partial charge in [-0.3, -0.25) is 4.79 Å². The number of hydrogen-bond donors (Lipinski definition) is 4. The molecule has 72 valence electrons. The van der Waals surface area contributed by atoms with E-state index in [9.17, 15) is 4.79 Å². The predicted octanol–water partition coefficient (Wildman–Crippen LogP) is -0.887. The molecule has 0 saturated heterocycles. The maximum Gasteiger partial charge on any atom is 0.276 e. The van der Waals surface area contributed by atoms with Gasteiger partial charge in [-0.05, 0) is 13.0 Å². The maximum atomic E-state index is 11.0. The van der Waals surface area contributed by atoms with E-state index in [2.05, 4.69) is 15.3 Å². The molecule has 1 aromatic heterocycles. The predicted molar refractivity (Wildman–Crippen MR) is 51.4 cm³/mol. The van der Waals surface area contributed by atoms with Crippen LogP contribution in [-0.4, -0.2) is 23.1 Å². The summed E-state index contributed by atoms with van der Waals surface area (Å²) in [5, 5.41) is 2.92. The van der Waals surface area contributed by atoms with Gasteiger partial charge in [0.15, 0.2) is 5.82 Å². The second kappa shape index (κ2) is 4.46. The second-order valence-corrected chi connectivity index (χ2v) is 2.56. The van der Waals surface area contributed by atoms with Crippen LogP contribution in [0.5, 0.6) is 0 Å². The highest BCUT2D eigenvalue weighted by Crippen LogP contribution is 2.06. The lowest BCUT2D eigenvalue weighted by atomic mass is 10.4. The van der Waals surface area contributed by atoms with Crippen molar-refractivity contribution in [2.24, 2.45) is 5.73 Å². The Hall–Kier alpha value is -1.56. The molecule has 1 aromatic rings. The quantitative estimate of drug-likeness (QED) is 0.453. The minimum atomic E-state index is -0.328. The molecule has 0 unspecified atom stereocenters. The van der Waals surface area contributed by atoms with Crippen molar-refractivity contribution < 1.29 is 0 Å². The van der Waals surface area contributed by atoms with E-state index < -0.39 is 0 Å². The van der Waals surface area contributed by atoms with E-state index in [1.807, 2.05) is 0 Å². The fourth-order valence-electron chi connectivity index (χ4n) is 0.860. The lowest BCUT2D eigenvalue weighted by Gasteiger charge is -2.05. The van der Waals surface area contributed by atoms with Crippen molar-refractivity contribution in [2.45, 2.75) is 6.42 Å². The first kappa shape index (κ1) is 9.53. The van der Waals surface area contributed by atoms with E-state index in [0.29, 0.717) is 18.9 Å². The molecule has 0 aliphatic heterocycles. The van der Waals surface area contributed by atoms with E-state index in [1.54, 1.807) is 0 Å². The van der Waals surface area contributed by atoms with E-state index in [1.165, 1.54) is 6.33 Å². The molecule has 0 aliphatic rings. The van der Waals surface area contributed by atoms with Crippen LogP contribution in [0, 0.1) is 0 Å². The fourth-order valence-corrected chi connectivity index (χ4v) is 0.860. The Balaban J connectivity index is 2.66. The monoisotopic (exact) mass is 183 g/mol. The highest BCUT2D eigenvalue weighted by atomic mass is 16.1. The molecule has 6 nitrogen and oxygen atoms in total. The summed E-state index contributed by atoms with van der Waals surface area (Å²) < 4.78 is 0. The highest BCUT2D eigenvalue weighted by Gasteiger charge is 2.01. The number of nitrogen functional groups attached to an aromatic ring is 1. The Morgan fingerprint density at radius 1 is 1.62 bits per heavy atom. The van der Waals surface area contributed by atoms with E-state index in [0.717, 1.165) is 6.42 Å². The van der Waals surface area contributed by atoms with Crippen LogP contribution in [0.3, 0.4) is 0 Å². The van der Waals surface area contributed by atoms with E-state index in [4.69, 9.17) is 11.5 Å².